The average molecular weight is 285 g/mol. The second-order valence-electron chi connectivity index (χ2n) is 4.73. The Kier molecular flexibility index (Phi) is 4.90. The Morgan fingerprint density at radius 2 is 1.95 bits per heavy atom. The summed E-state index contributed by atoms with van der Waals surface area (Å²) in [5, 5.41) is 2.92. The monoisotopic (exact) mass is 285 g/mol. The van der Waals surface area contributed by atoms with Crippen LogP contribution in [0.4, 0.5) is 0 Å². The lowest BCUT2D eigenvalue weighted by Gasteiger charge is -2.21. The Hall–Kier alpha value is -2.40. The number of nitrogens with zero attached hydrogens (tertiary/aromatic N) is 1. The molecule has 0 saturated heterocycles. The van der Waals surface area contributed by atoms with Crippen molar-refractivity contribution in [3.63, 3.8) is 0 Å². The Balaban J connectivity index is 2.43. The van der Waals surface area contributed by atoms with Crippen molar-refractivity contribution in [2.45, 2.75) is 19.0 Å². The van der Waals surface area contributed by atoms with Crippen LogP contribution in [0.25, 0.3) is 0 Å². The first-order valence-corrected chi connectivity index (χ1v) is 6.73. The smallest absolute Gasteiger partial charge is 0.237 e. The number of aromatic nitrogens is 1. The van der Waals surface area contributed by atoms with Crippen LogP contribution in [0.5, 0.6) is 5.75 Å². The first kappa shape index (κ1) is 15.0. The van der Waals surface area contributed by atoms with Crippen LogP contribution in [0.15, 0.2) is 48.7 Å². The Bertz CT molecular complexity index is 599. The zero-order chi connectivity index (χ0) is 15.2. The number of nitrogens with two attached hydrogens (primary N) is 1. The molecule has 1 amide bonds. The van der Waals surface area contributed by atoms with Gasteiger partial charge in [0.15, 0.2) is 0 Å². The van der Waals surface area contributed by atoms with Gasteiger partial charge in [-0.1, -0.05) is 24.3 Å². The van der Waals surface area contributed by atoms with Crippen molar-refractivity contribution >= 4 is 5.91 Å². The summed E-state index contributed by atoms with van der Waals surface area (Å²) in [4.78, 5) is 16.3. The molecule has 2 unspecified atom stereocenters. The van der Waals surface area contributed by atoms with Crippen molar-refractivity contribution < 1.29 is 9.53 Å². The number of benzene rings is 1. The number of carbonyl (C=O) groups is 1. The van der Waals surface area contributed by atoms with Gasteiger partial charge in [-0.05, 0) is 25.1 Å². The standard InChI is InChI=1S/C16H19N3O2/c1-11(17)16(20)19-15(13-8-5-6-10-18-13)12-7-3-4-9-14(12)21-2/h3-11,15H,17H2,1-2H3,(H,19,20). The van der Waals surface area contributed by atoms with Gasteiger partial charge in [0, 0.05) is 11.8 Å². The summed E-state index contributed by atoms with van der Waals surface area (Å²) in [6.45, 7) is 1.65. The Morgan fingerprint density at radius 1 is 1.24 bits per heavy atom. The molecule has 5 nitrogen and oxygen atoms in total. The third-order valence-electron chi connectivity index (χ3n) is 3.13. The van der Waals surface area contributed by atoms with Gasteiger partial charge in [-0.25, -0.2) is 0 Å². The van der Waals surface area contributed by atoms with Gasteiger partial charge in [-0.2, -0.15) is 0 Å². The molecule has 0 aliphatic carbocycles. The van der Waals surface area contributed by atoms with E-state index < -0.39 is 12.1 Å². The lowest BCUT2D eigenvalue weighted by Crippen LogP contribution is -2.40. The van der Waals surface area contributed by atoms with Crippen LogP contribution in [0, 0.1) is 0 Å². The van der Waals surface area contributed by atoms with Gasteiger partial charge >= 0.3 is 0 Å². The molecule has 1 aromatic heterocycles. The van der Waals surface area contributed by atoms with E-state index in [0.717, 1.165) is 11.3 Å². The number of hydrogen-bond acceptors (Lipinski definition) is 4. The summed E-state index contributed by atoms with van der Waals surface area (Å²) >= 11 is 0. The number of nitrogens with one attached hydrogen (secondary N) is 1. The molecule has 0 bridgehead atoms. The molecule has 0 aliphatic rings. The minimum Gasteiger partial charge on any atom is -0.496 e. The van der Waals surface area contributed by atoms with E-state index in [9.17, 15) is 4.79 Å². The highest BCUT2D eigenvalue weighted by atomic mass is 16.5. The van der Waals surface area contributed by atoms with Gasteiger partial charge in [0.05, 0.1) is 18.8 Å². The molecule has 1 aromatic carbocycles. The summed E-state index contributed by atoms with van der Waals surface area (Å²) < 4.78 is 5.38. The van der Waals surface area contributed by atoms with Crippen LogP contribution < -0.4 is 15.8 Å². The van der Waals surface area contributed by atoms with E-state index in [1.807, 2.05) is 42.5 Å². The van der Waals surface area contributed by atoms with Crippen LogP contribution in [0.1, 0.15) is 24.2 Å². The van der Waals surface area contributed by atoms with Crippen molar-refractivity contribution in [2.24, 2.45) is 5.73 Å². The molecule has 110 valence electrons. The molecule has 2 aromatic rings. The molecule has 5 heteroatoms. The number of para-hydroxylation sites is 1. The SMILES string of the molecule is COc1ccccc1C(NC(=O)C(C)N)c1ccccn1. The zero-order valence-corrected chi connectivity index (χ0v) is 12.1. The van der Waals surface area contributed by atoms with Gasteiger partial charge in [0.25, 0.3) is 0 Å². The molecule has 3 N–H and O–H groups in total. The molecule has 0 aliphatic heterocycles. The second kappa shape index (κ2) is 6.85. The number of ether oxygens (including phenoxy) is 1. The van der Waals surface area contributed by atoms with Gasteiger partial charge in [0.1, 0.15) is 11.8 Å². The van der Waals surface area contributed by atoms with E-state index in [0.29, 0.717) is 5.75 Å². The third kappa shape index (κ3) is 3.58. The maximum atomic E-state index is 12.0. The van der Waals surface area contributed by atoms with Crippen LogP contribution in [0.3, 0.4) is 0 Å². The third-order valence-corrected chi connectivity index (χ3v) is 3.13. The molecular weight excluding hydrogens is 266 g/mol. The van der Waals surface area contributed by atoms with E-state index in [1.54, 1.807) is 20.2 Å². The van der Waals surface area contributed by atoms with Crippen LogP contribution in [-0.4, -0.2) is 24.0 Å². The van der Waals surface area contributed by atoms with Crippen LogP contribution in [-0.2, 0) is 4.79 Å². The lowest BCUT2D eigenvalue weighted by molar-refractivity contribution is -0.122. The van der Waals surface area contributed by atoms with Gasteiger partial charge in [-0.15, -0.1) is 0 Å². The van der Waals surface area contributed by atoms with Crippen molar-refractivity contribution in [3.8, 4) is 5.75 Å². The second-order valence-corrected chi connectivity index (χ2v) is 4.73. The fraction of sp³-hybridized carbons (Fsp3) is 0.250. The number of carbonyl (C=O) groups excluding carboxylic acids is 1. The van der Waals surface area contributed by atoms with Gasteiger partial charge in [-0.3, -0.25) is 9.78 Å². The fourth-order valence-corrected chi connectivity index (χ4v) is 2.04. The van der Waals surface area contributed by atoms with E-state index in [1.165, 1.54) is 0 Å². The number of hydrogen-bond donors (Lipinski definition) is 2. The molecular formula is C16H19N3O2. The molecule has 0 saturated carbocycles. The van der Waals surface area contributed by atoms with Crippen molar-refractivity contribution in [1.82, 2.24) is 10.3 Å². The van der Waals surface area contributed by atoms with E-state index in [-0.39, 0.29) is 5.91 Å². The maximum Gasteiger partial charge on any atom is 0.237 e. The fourth-order valence-electron chi connectivity index (χ4n) is 2.04. The summed E-state index contributed by atoms with van der Waals surface area (Å²) in [7, 11) is 1.60. The average Bonchev–Trinajstić information content (AvgIpc) is 2.53. The van der Waals surface area contributed by atoms with Gasteiger partial charge < -0.3 is 15.8 Å². The number of pyridine rings is 1. The van der Waals surface area contributed by atoms with E-state index >= 15 is 0 Å². The molecule has 0 spiro atoms. The van der Waals surface area contributed by atoms with E-state index in [2.05, 4.69) is 10.3 Å². The normalized spacial score (nSPS) is 13.3. The first-order valence-electron chi connectivity index (χ1n) is 6.73. The van der Waals surface area contributed by atoms with Crippen molar-refractivity contribution in [3.05, 3.63) is 59.9 Å². The minimum absolute atomic E-state index is 0.239. The summed E-state index contributed by atoms with van der Waals surface area (Å²) in [6.07, 6.45) is 1.69. The topological polar surface area (TPSA) is 77.2 Å². The molecule has 1 heterocycles. The maximum absolute atomic E-state index is 12.0. The van der Waals surface area contributed by atoms with Crippen LogP contribution in [0.2, 0.25) is 0 Å². The summed E-state index contributed by atoms with van der Waals surface area (Å²) in [5.74, 6) is 0.453. The van der Waals surface area contributed by atoms with Crippen LogP contribution >= 0.6 is 0 Å². The zero-order valence-electron chi connectivity index (χ0n) is 12.1. The molecule has 2 atom stereocenters. The highest BCUT2D eigenvalue weighted by molar-refractivity contribution is 5.81. The first-order chi connectivity index (χ1) is 10.1. The molecule has 2 rings (SSSR count). The van der Waals surface area contributed by atoms with E-state index in [4.69, 9.17) is 10.5 Å². The number of rotatable bonds is 5. The summed E-state index contributed by atoms with van der Waals surface area (Å²) in [6, 6.07) is 12.1. The lowest BCUT2D eigenvalue weighted by atomic mass is 10.0. The minimum atomic E-state index is -0.592. The predicted molar refractivity (Wildman–Crippen MR) is 80.9 cm³/mol. The highest BCUT2D eigenvalue weighted by Gasteiger charge is 2.22. The Labute approximate surface area is 124 Å². The molecule has 0 radical (unpaired) electrons. The molecule has 0 fully saturated rings. The predicted octanol–water partition coefficient (Wildman–Crippen LogP) is 1.64. The highest BCUT2D eigenvalue weighted by Crippen LogP contribution is 2.28. The summed E-state index contributed by atoms with van der Waals surface area (Å²) in [5.41, 5.74) is 7.22. The van der Waals surface area contributed by atoms with Gasteiger partial charge in [0.2, 0.25) is 5.91 Å². The quantitative estimate of drug-likeness (QED) is 0.875. The van der Waals surface area contributed by atoms with Crippen molar-refractivity contribution in [2.75, 3.05) is 7.11 Å². The number of amides is 1. The number of methoxy groups -OCH3 is 1. The molecule has 21 heavy (non-hydrogen) atoms. The largest absolute Gasteiger partial charge is 0.496 e. The van der Waals surface area contributed by atoms with Crippen molar-refractivity contribution in [1.29, 1.82) is 0 Å². The Morgan fingerprint density at radius 3 is 2.57 bits per heavy atom.